The summed E-state index contributed by atoms with van der Waals surface area (Å²) in [4.78, 5) is 4.40. The lowest BCUT2D eigenvalue weighted by Crippen LogP contribution is -2.19. The van der Waals surface area contributed by atoms with E-state index in [2.05, 4.69) is 30.3 Å². The van der Waals surface area contributed by atoms with Gasteiger partial charge in [-0.1, -0.05) is 20.8 Å². The number of hydrogen-bond acceptors (Lipinski definition) is 2. The molecular formula is C11H19N3. The molecule has 0 saturated heterocycles. The number of nitrogens with zero attached hydrogens (tertiary/aromatic N) is 2. The third-order valence-corrected chi connectivity index (χ3v) is 2.74. The lowest BCUT2D eigenvalue weighted by atomic mass is 9.92. The molecule has 1 aromatic heterocycles. The lowest BCUT2D eigenvalue weighted by molar-refractivity contribution is 0.511. The van der Waals surface area contributed by atoms with E-state index in [1.807, 2.05) is 6.20 Å². The average molecular weight is 193 g/mol. The highest BCUT2D eigenvalue weighted by molar-refractivity contribution is 5.17. The molecule has 0 unspecified atom stereocenters. The Hall–Kier alpha value is -0.830. The van der Waals surface area contributed by atoms with Gasteiger partial charge in [0.2, 0.25) is 0 Å². The Labute approximate surface area is 85.3 Å². The zero-order chi connectivity index (χ0) is 10.3. The number of rotatable bonds is 2. The molecule has 0 bridgehead atoms. The van der Waals surface area contributed by atoms with Gasteiger partial charge in [-0.2, -0.15) is 0 Å². The molecule has 1 aliphatic rings. The molecule has 78 valence electrons. The van der Waals surface area contributed by atoms with Crippen molar-refractivity contribution in [3.8, 4) is 0 Å². The second kappa shape index (κ2) is 3.09. The van der Waals surface area contributed by atoms with Crippen LogP contribution in [0.1, 0.15) is 51.2 Å². The topological polar surface area (TPSA) is 43.8 Å². The molecular weight excluding hydrogens is 174 g/mol. The Bertz CT molecular complexity index is 329. The van der Waals surface area contributed by atoms with Gasteiger partial charge in [0.25, 0.3) is 0 Å². The molecule has 0 aromatic carbocycles. The van der Waals surface area contributed by atoms with Gasteiger partial charge in [0.1, 0.15) is 5.82 Å². The second-order valence-electron chi connectivity index (χ2n) is 5.11. The van der Waals surface area contributed by atoms with Gasteiger partial charge in [-0.15, -0.1) is 0 Å². The van der Waals surface area contributed by atoms with Crippen LogP contribution < -0.4 is 5.73 Å². The highest BCUT2D eigenvalue weighted by Gasteiger charge is 2.31. The summed E-state index contributed by atoms with van der Waals surface area (Å²) in [5.74, 6) is 1.04. The van der Waals surface area contributed by atoms with Crippen molar-refractivity contribution in [3.05, 3.63) is 17.7 Å². The van der Waals surface area contributed by atoms with Gasteiger partial charge >= 0.3 is 0 Å². The van der Waals surface area contributed by atoms with Crippen molar-refractivity contribution in [2.75, 3.05) is 0 Å². The van der Waals surface area contributed by atoms with Crippen LogP contribution in [0.3, 0.4) is 0 Å². The second-order valence-corrected chi connectivity index (χ2v) is 5.11. The maximum atomic E-state index is 5.69. The van der Waals surface area contributed by atoms with Gasteiger partial charge in [-0.3, -0.25) is 0 Å². The van der Waals surface area contributed by atoms with E-state index in [-0.39, 0.29) is 5.41 Å². The first-order valence-electron chi connectivity index (χ1n) is 5.30. The molecule has 1 saturated carbocycles. The van der Waals surface area contributed by atoms with Crippen molar-refractivity contribution in [1.29, 1.82) is 0 Å². The Morgan fingerprint density at radius 2 is 2.14 bits per heavy atom. The molecule has 3 nitrogen and oxygen atoms in total. The van der Waals surface area contributed by atoms with Crippen LogP contribution in [0.2, 0.25) is 0 Å². The van der Waals surface area contributed by atoms with Crippen LogP contribution in [0, 0.1) is 0 Å². The van der Waals surface area contributed by atoms with E-state index in [1.54, 1.807) is 0 Å². The van der Waals surface area contributed by atoms with Gasteiger partial charge in [0, 0.05) is 23.3 Å². The number of nitrogens with two attached hydrogens (primary N) is 1. The largest absolute Gasteiger partial charge is 0.327 e. The molecule has 1 fully saturated rings. The molecule has 0 amide bonds. The lowest BCUT2D eigenvalue weighted by Gasteiger charge is -2.21. The molecule has 0 aliphatic heterocycles. The third kappa shape index (κ3) is 1.57. The van der Waals surface area contributed by atoms with Crippen LogP contribution in [-0.4, -0.2) is 9.55 Å². The molecule has 0 spiro atoms. The average Bonchev–Trinajstić information content (AvgIpc) is 2.82. The Balaban J connectivity index is 2.44. The monoisotopic (exact) mass is 193 g/mol. The van der Waals surface area contributed by atoms with Gasteiger partial charge < -0.3 is 10.3 Å². The SMILES string of the molecule is CC(C)(C)c1cnc(CN)n1C1CC1. The third-order valence-electron chi connectivity index (χ3n) is 2.74. The molecule has 0 atom stereocenters. The van der Waals surface area contributed by atoms with Gasteiger partial charge in [0.05, 0.1) is 6.54 Å². The maximum absolute atomic E-state index is 5.69. The first-order valence-corrected chi connectivity index (χ1v) is 5.30. The first kappa shape index (κ1) is 9.71. The summed E-state index contributed by atoms with van der Waals surface area (Å²) in [6.07, 6.45) is 4.55. The Morgan fingerprint density at radius 3 is 2.57 bits per heavy atom. The summed E-state index contributed by atoms with van der Waals surface area (Å²) >= 11 is 0. The van der Waals surface area contributed by atoms with Crippen LogP contribution in [0.15, 0.2) is 6.20 Å². The van der Waals surface area contributed by atoms with E-state index in [4.69, 9.17) is 5.73 Å². The highest BCUT2D eigenvalue weighted by Crippen LogP contribution is 2.39. The number of imidazole rings is 1. The molecule has 0 radical (unpaired) electrons. The van der Waals surface area contributed by atoms with Crippen LogP contribution in [0.4, 0.5) is 0 Å². The van der Waals surface area contributed by atoms with E-state index in [0.29, 0.717) is 12.6 Å². The van der Waals surface area contributed by atoms with Crippen LogP contribution >= 0.6 is 0 Å². The van der Waals surface area contributed by atoms with Gasteiger partial charge in [0.15, 0.2) is 0 Å². The summed E-state index contributed by atoms with van der Waals surface area (Å²) in [6, 6.07) is 0.672. The minimum absolute atomic E-state index is 0.170. The van der Waals surface area contributed by atoms with Crippen LogP contribution in [-0.2, 0) is 12.0 Å². The first-order chi connectivity index (χ1) is 6.54. The van der Waals surface area contributed by atoms with Crippen molar-refractivity contribution in [3.63, 3.8) is 0 Å². The minimum Gasteiger partial charge on any atom is -0.327 e. The summed E-state index contributed by atoms with van der Waals surface area (Å²) in [5.41, 5.74) is 7.18. The summed E-state index contributed by atoms with van der Waals surface area (Å²) in [6.45, 7) is 7.22. The smallest absolute Gasteiger partial charge is 0.122 e. The maximum Gasteiger partial charge on any atom is 0.122 e. The van der Waals surface area contributed by atoms with Crippen LogP contribution in [0.25, 0.3) is 0 Å². The normalized spacial score (nSPS) is 17.4. The van der Waals surface area contributed by atoms with E-state index in [9.17, 15) is 0 Å². The minimum atomic E-state index is 0.170. The van der Waals surface area contributed by atoms with Crippen molar-refractivity contribution in [2.24, 2.45) is 5.73 Å². The molecule has 2 N–H and O–H groups in total. The van der Waals surface area contributed by atoms with Crippen molar-refractivity contribution in [1.82, 2.24) is 9.55 Å². The Morgan fingerprint density at radius 1 is 1.50 bits per heavy atom. The van der Waals surface area contributed by atoms with Crippen LogP contribution in [0.5, 0.6) is 0 Å². The van der Waals surface area contributed by atoms with E-state index < -0.39 is 0 Å². The Kier molecular flexibility index (Phi) is 2.14. The fraction of sp³-hybridized carbons (Fsp3) is 0.727. The number of aromatic nitrogens is 2. The van der Waals surface area contributed by atoms with E-state index >= 15 is 0 Å². The predicted molar refractivity (Wildman–Crippen MR) is 57.1 cm³/mol. The molecule has 1 aliphatic carbocycles. The van der Waals surface area contributed by atoms with Crippen molar-refractivity contribution in [2.45, 2.75) is 51.6 Å². The molecule has 3 heteroatoms. The van der Waals surface area contributed by atoms with Crippen molar-refractivity contribution < 1.29 is 0 Å². The van der Waals surface area contributed by atoms with Gasteiger partial charge in [-0.25, -0.2) is 4.98 Å². The quantitative estimate of drug-likeness (QED) is 0.780. The summed E-state index contributed by atoms with van der Waals surface area (Å²) in [5, 5.41) is 0. The molecule has 1 heterocycles. The zero-order valence-corrected chi connectivity index (χ0v) is 9.25. The van der Waals surface area contributed by atoms with E-state index in [0.717, 1.165) is 5.82 Å². The molecule has 1 aromatic rings. The van der Waals surface area contributed by atoms with E-state index in [1.165, 1.54) is 18.5 Å². The predicted octanol–water partition coefficient (Wildman–Crippen LogP) is 1.97. The summed E-state index contributed by atoms with van der Waals surface area (Å²) < 4.78 is 2.35. The molecule has 14 heavy (non-hydrogen) atoms. The van der Waals surface area contributed by atoms with Crippen molar-refractivity contribution >= 4 is 0 Å². The highest BCUT2D eigenvalue weighted by atomic mass is 15.1. The fourth-order valence-electron chi connectivity index (χ4n) is 1.85. The molecule has 2 rings (SSSR count). The van der Waals surface area contributed by atoms with Gasteiger partial charge in [-0.05, 0) is 12.8 Å². The number of hydrogen-bond donors (Lipinski definition) is 1. The summed E-state index contributed by atoms with van der Waals surface area (Å²) in [7, 11) is 0. The standard InChI is InChI=1S/C11H19N3/c1-11(2,3)9-7-13-10(6-12)14(9)8-4-5-8/h7-8H,4-6,12H2,1-3H3. The fourth-order valence-corrected chi connectivity index (χ4v) is 1.85. The zero-order valence-electron chi connectivity index (χ0n) is 9.25.